The van der Waals surface area contributed by atoms with Crippen LogP contribution in [0.5, 0.6) is 0 Å². The number of fused-ring (bicyclic) bond motifs is 1. The molecule has 0 bridgehead atoms. The molecule has 0 fully saturated rings. The zero-order valence-corrected chi connectivity index (χ0v) is 10.8. The molecule has 2 aromatic heterocycles. The predicted octanol–water partition coefficient (Wildman–Crippen LogP) is 3.21. The Morgan fingerprint density at radius 3 is 2.84 bits per heavy atom. The van der Waals surface area contributed by atoms with Crippen molar-refractivity contribution >= 4 is 22.5 Å². The standard InChI is InChI=1S/C14H9ClN2O2/c1-8-2-3-12-11(4-8)14(18)19-13(17-12)9-5-10(15)7-16-6-9/h2-7H,1H3. The molecule has 3 rings (SSSR count). The van der Waals surface area contributed by atoms with Crippen LogP contribution in [0.2, 0.25) is 5.02 Å². The van der Waals surface area contributed by atoms with Crippen LogP contribution in [0.25, 0.3) is 22.4 Å². The number of hydrogen-bond acceptors (Lipinski definition) is 4. The van der Waals surface area contributed by atoms with Crippen LogP contribution in [0.4, 0.5) is 0 Å². The minimum absolute atomic E-state index is 0.219. The molecule has 4 nitrogen and oxygen atoms in total. The molecule has 1 aromatic carbocycles. The van der Waals surface area contributed by atoms with Crippen LogP contribution in [0.3, 0.4) is 0 Å². The van der Waals surface area contributed by atoms with Crippen LogP contribution in [-0.2, 0) is 0 Å². The summed E-state index contributed by atoms with van der Waals surface area (Å²) in [7, 11) is 0. The first-order valence-electron chi connectivity index (χ1n) is 5.66. The molecule has 0 amide bonds. The quantitative estimate of drug-likeness (QED) is 0.682. The average molecular weight is 273 g/mol. The van der Waals surface area contributed by atoms with E-state index in [0.29, 0.717) is 21.5 Å². The SMILES string of the molecule is Cc1ccc2nc(-c3cncc(Cl)c3)oc(=O)c2c1. The van der Waals surface area contributed by atoms with Gasteiger partial charge in [-0.15, -0.1) is 0 Å². The van der Waals surface area contributed by atoms with E-state index in [1.807, 2.05) is 13.0 Å². The van der Waals surface area contributed by atoms with Crippen molar-refractivity contribution in [2.45, 2.75) is 6.92 Å². The van der Waals surface area contributed by atoms with Crippen molar-refractivity contribution in [1.82, 2.24) is 9.97 Å². The van der Waals surface area contributed by atoms with Crippen molar-refractivity contribution in [3.05, 3.63) is 57.7 Å². The second-order valence-corrected chi connectivity index (χ2v) is 4.66. The first-order valence-corrected chi connectivity index (χ1v) is 6.04. The van der Waals surface area contributed by atoms with Gasteiger partial charge in [0.1, 0.15) is 0 Å². The number of rotatable bonds is 1. The fraction of sp³-hybridized carbons (Fsp3) is 0.0714. The summed E-state index contributed by atoms with van der Waals surface area (Å²) in [6, 6.07) is 7.10. The Kier molecular flexibility index (Phi) is 2.80. The van der Waals surface area contributed by atoms with Gasteiger partial charge in [-0.25, -0.2) is 9.78 Å². The number of hydrogen-bond donors (Lipinski definition) is 0. The number of aryl methyl sites for hydroxylation is 1. The van der Waals surface area contributed by atoms with Gasteiger partial charge >= 0.3 is 5.63 Å². The van der Waals surface area contributed by atoms with Gasteiger partial charge in [0.05, 0.1) is 21.5 Å². The van der Waals surface area contributed by atoms with E-state index in [9.17, 15) is 4.79 Å². The summed E-state index contributed by atoms with van der Waals surface area (Å²) >= 11 is 5.86. The third kappa shape index (κ3) is 2.22. The maximum atomic E-state index is 11.9. The maximum Gasteiger partial charge on any atom is 0.347 e. The smallest absolute Gasteiger partial charge is 0.347 e. The van der Waals surface area contributed by atoms with Gasteiger partial charge in [-0.3, -0.25) is 4.98 Å². The third-order valence-electron chi connectivity index (χ3n) is 2.74. The van der Waals surface area contributed by atoms with Crippen molar-refractivity contribution in [3.8, 4) is 11.5 Å². The lowest BCUT2D eigenvalue weighted by atomic mass is 10.2. The zero-order chi connectivity index (χ0) is 13.4. The van der Waals surface area contributed by atoms with Crippen molar-refractivity contribution in [1.29, 1.82) is 0 Å². The van der Waals surface area contributed by atoms with Gasteiger partial charge in [-0.2, -0.15) is 0 Å². The Balaban J connectivity index is 2.27. The molecule has 0 N–H and O–H groups in total. The normalized spacial score (nSPS) is 10.8. The van der Waals surface area contributed by atoms with Gasteiger partial charge in [0, 0.05) is 12.4 Å². The van der Waals surface area contributed by atoms with E-state index in [1.165, 1.54) is 6.20 Å². The molecule has 0 aliphatic heterocycles. The molecular weight excluding hydrogens is 264 g/mol. The summed E-state index contributed by atoms with van der Waals surface area (Å²) in [6.45, 7) is 1.91. The van der Waals surface area contributed by atoms with E-state index in [0.717, 1.165) is 5.56 Å². The number of nitrogens with zero attached hydrogens (tertiary/aromatic N) is 2. The second kappa shape index (κ2) is 4.48. The number of aromatic nitrogens is 2. The highest BCUT2D eigenvalue weighted by Crippen LogP contribution is 2.20. The van der Waals surface area contributed by atoms with Crippen LogP contribution in [-0.4, -0.2) is 9.97 Å². The monoisotopic (exact) mass is 272 g/mol. The molecule has 19 heavy (non-hydrogen) atoms. The molecule has 0 aliphatic carbocycles. The molecule has 3 aromatic rings. The molecule has 5 heteroatoms. The molecule has 0 saturated carbocycles. The van der Waals surface area contributed by atoms with Crippen LogP contribution < -0.4 is 5.63 Å². The fourth-order valence-corrected chi connectivity index (χ4v) is 2.01. The summed E-state index contributed by atoms with van der Waals surface area (Å²) in [5, 5.41) is 0.935. The molecule has 0 atom stereocenters. The highest BCUT2D eigenvalue weighted by Gasteiger charge is 2.09. The second-order valence-electron chi connectivity index (χ2n) is 4.22. The first-order chi connectivity index (χ1) is 9.13. The van der Waals surface area contributed by atoms with Gasteiger partial charge in [0.15, 0.2) is 0 Å². The Morgan fingerprint density at radius 1 is 1.21 bits per heavy atom. The van der Waals surface area contributed by atoms with Crippen LogP contribution in [0.1, 0.15) is 5.56 Å². The topological polar surface area (TPSA) is 56.0 Å². The van der Waals surface area contributed by atoms with Crippen LogP contribution >= 0.6 is 11.6 Å². The fourth-order valence-electron chi connectivity index (χ4n) is 1.84. The highest BCUT2D eigenvalue weighted by molar-refractivity contribution is 6.30. The van der Waals surface area contributed by atoms with Gasteiger partial charge in [-0.1, -0.05) is 23.2 Å². The Hall–Kier alpha value is -2.20. The lowest BCUT2D eigenvalue weighted by Gasteiger charge is -2.02. The summed E-state index contributed by atoms with van der Waals surface area (Å²) < 4.78 is 5.22. The Labute approximate surface area is 113 Å². The molecular formula is C14H9ClN2O2. The van der Waals surface area contributed by atoms with E-state index < -0.39 is 5.63 Å². The summed E-state index contributed by atoms with van der Waals surface area (Å²) in [5.41, 5.74) is 1.74. The highest BCUT2D eigenvalue weighted by atomic mass is 35.5. The minimum atomic E-state index is -0.413. The predicted molar refractivity (Wildman–Crippen MR) is 73.3 cm³/mol. The van der Waals surface area contributed by atoms with Crippen LogP contribution in [0, 0.1) is 6.92 Å². The Bertz CT molecular complexity index is 827. The molecule has 0 aliphatic rings. The number of pyridine rings is 1. The van der Waals surface area contributed by atoms with E-state index >= 15 is 0 Å². The van der Waals surface area contributed by atoms with E-state index in [1.54, 1.807) is 24.4 Å². The molecule has 0 unspecified atom stereocenters. The molecule has 0 radical (unpaired) electrons. The summed E-state index contributed by atoms with van der Waals surface area (Å²) in [6.07, 6.45) is 3.06. The van der Waals surface area contributed by atoms with E-state index in [2.05, 4.69) is 9.97 Å². The maximum absolute atomic E-state index is 11.9. The lowest BCUT2D eigenvalue weighted by molar-refractivity contribution is 0.518. The van der Waals surface area contributed by atoms with E-state index in [4.69, 9.17) is 16.0 Å². The first kappa shape index (κ1) is 11.9. The lowest BCUT2D eigenvalue weighted by Crippen LogP contribution is -2.03. The average Bonchev–Trinajstić information content (AvgIpc) is 2.39. The van der Waals surface area contributed by atoms with Crippen molar-refractivity contribution < 1.29 is 4.42 Å². The van der Waals surface area contributed by atoms with Crippen molar-refractivity contribution in [3.63, 3.8) is 0 Å². The van der Waals surface area contributed by atoms with Gasteiger partial charge in [-0.05, 0) is 25.1 Å². The molecule has 2 heterocycles. The van der Waals surface area contributed by atoms with Gasteiger partial charge < -0.3 is 4.42 Å². The summed E-state index contributed by atoms with van der Waals surface area (Å²) in [5.74, 6) is 0.219. The largest absolute Gasteiger partial charge is 0.403 e. The number of halogens is 1. The van der Waals surface area contributed by atoms with Crippen molar-refractivity contribution in [2.75, 3.05) is 0 Å². The van der Waals surface area contributed by atoms with E-state index in [-0.39, 0.29) is 5.89 Å². The van der Waals surface area contributed by atoms with Crippen molar-refractivity contribution in [2.24, 2.45) is 0 Å². The summed E-state index contributed by atoms with van der Waals surface area (Å²) in [4.78, 5) is 20.2. The number of benzene rings is 1. The van der Waals surface area contributed by atoms with Crippen LogP contribution in [0.15, 0.2) is 45.9 Å². The third-order valence-corrected chi connectivity index (χ3v) is 2.94. The minimum Gasteiger partial charge on any atom is -0.403 e. The van der Waals surface area contributed by atoms with Gasteiger partial charge in [0.2, 0.25) is 5.89 Å². The zero-order valence-electron chi connectivity index (χ0n) is 10.1. The molecule has 94 valence electrons. The molecule has 0 spiro atoms. The molecule has 0 saturated heterocycles. The van der Waals surface area contributed by atoms with Gasteiger partial charge in [0.25, 0.3) is 0 Å². The Morgan fingerprint density at radius 2 is 2.05 bits per heavy atom.